The lowest BCUT2D eigenvalue weighted by Crippen LogP contribution is -2.17. The molecule has 1 aromatic heterocycles. The summed E-state index contributed by atoms with van der Waals surface area (Å²) < 4.78 is 40.2. The van der Waals surface area contributed by atoms with Gasteiger partial charge in [0.15, 0.2) is 0 Å². The molecule has 0 saturated carbocycles. The number of benzene rings is 1. The van der Waals surface area contributed by atoms with E-state index in [9.17, 15) is 13.2 Å². The number of pyridine rings is 1. The van der Waals surface area contributed by atoms with Crippen LogP contribution in [-0.4, -0.2) is 11.3 Å². The van der Waals surface area contributed by atoms with Crippen LogP contribution in [0.1, 0.15) is 5.56 Å². The van der Waals surface area contributed by atoms with E-state index in [2.05, 4.69) is 9.72 Å². The highest BCUT2D eigenvalue weighted by atomic mass is 19.4. The molecule has 0 aliphatic rings. The van der Waals surface area contributed by atoms with E-state index in [0.29, 0.717) is 5.56 Å². The second-order valence-electron chi connectivity index (χ2n) is 3.61. The first-order chi connectivity index (χ1) is 8.99. The average molecular weight is 264 g/mol. The number of hydrogen-bond acceptors (Lipinski definition) is 3. The topological polar surface area (TPSA) is 45.9 Å². The predicted molar refractivity (Wildman–Crippen MR) is 61.1 cm³/mol. The number of rotatable bonds is 2. The van der Waals surface area contributed by atoms with E-state index < -0.39 is 12.1 Å². The summed E-state index contributed by atoms with van der Waals surface area (Å²) in [7, 11) is 0. The molecular weight excluding hydrogens is 257 g/mol. The van der Waals surface area contributed by atoms with Crippen LogP contribution in [0, 0.1) is 11.3 Å². The molecule has 2 rings (SSSR count). The average Bonchev–Trinajstić information content (AvgIpc) is 2.38. The Hall–Kier alpha value is -2.55. The fourth-order valence-electron chi connectivity index (χ4n) is 1.55. The first-order valence-electron chi connectivity index (χ1n) is 5.20. The molecule has 0 N–H and O–H groups in total. The van der Waals surface area contributed by atoms with Crippen LogP contribution in [0.2, 0.25) is 0 Å². The van der Waals surface area contributed by atoms with Crippen molar-refractivity contribution in [3.63, 3.8) is 0 Å². The third kappa shape index (κ3) is 3.22. The molecule has 0 unspecified atom stereocenters. The molecule has 0 radical (unpaired) electrons. The molecule has 0 aliphatic heterocycles. The zero-order valence-electron chi connectivity index (χ0n) is 9.48. The summed E-state index contributed by atoms with van der Waals surface area (Å²) in [6.45, 7) is 0. The fraction of sp³-hybridized carbons (Fsp3) is 0.0769. The van der Waals surface area contributed by atoms with Crippen molar-refractivity contribution < 1.29 is 17.9 Å². The van der Waals surface area contributed by atoms with E-state index >= 15 is 0 Å². The van der Waals surface area contributed by atoms with Gasteiger partial charge in [-0.25, -0.2) is 0 Å². The summed E-state index contributed by atoms with van der Waals surface area (Å²) in [5, 5.41) is 8.88. The lowest BCUT2D eigenvalue weighted by atomic mass is 10.0. The van der Waals surface area contributed by atoms with Crippen molar-refractivity contribution in [2.24, 2.45) is 0 Å². The number of halogens is 3. The Labute approximate surface area is 106 Å². The van der Waals surface area contributed by atoms with Crippen LogP contribution in [0.5, 0.6) is 5.75 Å². The normalized spacial score (nSPS) is 10.8. The van der Waals surface area contributed by atoms with E-state index in [-0.39, 0.29) is 5.56 Å². The van der Waals surface area contributed by atoms with Crippen LogP contribution >= 0.6 is 0 Å². The number of aromatic nitrogens is 1. The Morgan fingerprint density at radius 3 is 2.32 bits per heavy atom. The summed E-state index contributed by atoms with van der Waals surface area (Å²) in [5.41, 5.74) is 1.20. The zero-order chi connectivity index (χ0) is 13.9. The van der Waals surface area contributed by atoms with Gasteiger partial charge in [-0.2, -0.15) is 5.26 Å². The SMILES string of the molecule is N#Cc1cc(-c2ccncc2)ccc1OC(F)(F)F. The van der Waals surface area contributed by atoms with Crippen molar-refractivity contribution >= 4 is 0 Å². The van der Waals surface area contributed by atoms with Gasteiger partial charge in [0.1, 0.15) is 11.8 Å². The van der Waals surface area contributed by atoms with Crippen LogP contribution in [0.4, 0.5) is 13.2 Å². The quantitative estimate of drug-likeness (QED) is 0.833. The van der Waals surface area contributed by atoms with Crippen LogP contribution < -0.4 is 4.74 Å². The van der Waals surface area contributed by atoms with Crippen molar-refractivity contribution in [1.82, 2.24) is 4.98 Å². The van der Waals surface area contributed by atoms with Gasteiger partial charge in [0.2, 0.25) is 0 Å². The lowest BCUT2D eigenvalue weighted by molar-refractivity contribution is -0.274. The molecule has 0 bridgehead atoms. The van der Waals surface area contributed by atoms with E-state index in [4.69, 9.17) is 5.26 Å². The molecule has 3 nitrogen and oxygen atoms in total. The van der Waals surface area contributed by atoms with Crippen molar-refractivity contribution in [2.75, 3.05) is 0 Å². The van der Waals surface area contributed by atoms with Gasteiger partial charge < -0.3 is 4.74 Å². The second-order valence-corrected chi connectivity index (χ2v) is 3.61. The minimum absolute atomic E-state index is 0.174. The molecule has 0 fully saturated rings. The number of ether oxygens (including phenoxy) is 1. The lowest BCUT2D eigenvalue weighted by Gasteiger charge is -2.11. The molecule has 0 amide bonds. The van der Waals surface area contributed by atoms with Gasteiger partial charge in [-0.15, -0.1) is 13.2 Å². The smallest absolute Gasteiger partial charge is 0.404 e. The highest BCUT2D eigenvalue weighted by Crippen LogP contribution is 2.29. The summed E-state index contributed by atoms with van der Waals surface area (Å²) in [4.78, 5) is 3.84. The Balaban J connectivity index is 2.40. The maximum absolute atomic E-state index is 12.1. The molecule has 1 aromatic carbocycles. The highest BCUT2D eigenvalue weighted by molar-refractivity contribution is 5.66. The monoisotopic (exact) mass is 264 g/mol. The standard InChI is InChI=1S/C13H7F3N2O/c14-13(15,16)19-12-2-1-10(7-11(12)8-17)9-3-5-18-6-4-9/h1-7H. The molecule has 1 heterocycles. The summed E-state index contributed by atoms with van der Waals surface area (Å²) in [6.07, 6.45) is -1.70. The highest BCUT2D eigenvalue weighted by Gasteiger charge is 2.32. The van der Waals surface area contributed by atoms with Gasteiger partial charge in [0.25, 0.3) is 0 Å². The Morgan fingerprint density at radius 1 is 1.05 bits per heavy atom. The number of nitrogens with zero attached hydrogens (tertiary/aromatic N) is 2. The van der Waals surface area contributed by atoms with Gasteiger partial charge in [0.05, 0.1) is 5.56 Å². The summed E-state index contributed by atoms with van der Waals surface area (Å²) in [6, 6.07) is 9.00. The van der Waals surface area contributed by atoms with E-state index in [0.717, 1.165) is 11.6 Å². The Bertz CT molecular complexity index is 618. The number of alkyl halides is 3. The number of nitriles is 1. The third-order valence-electron chi connectivity index (χ3n) is 2.34. The van der Waals surface area contributed by atoms with Crippen LogP contribution in [0.15, 0.2) is 42.7 Å². The summed E-state index contributed by atoms with van der Waals surface area (Å²) in [5.74, 6) is -0.507. The van der Waals surface area contributed by atoms with Crippen molar-refractivity contribution in [3.05, 3.63) is 48.3 Å². The van der Waals surface area contributed by atoms with E-state index in [1.807, 2.05) is 0 Å². The van der Waals surface area contributed by atoms with E-state index in [1.165, 1.54) is 12.1 Å². The Morgan fingerprint density at radius 2 is 1.74 bits per heavy atom. The van der Waals surface area contributed by atoms with Crippen LogP contribution in [-0.2, 0) is 0 Å². The molecule has 96 valence electrons. The van der Waals surface area contributed by atoms with E-state index in [1.54, 1.807) is 30.6 Å². The molecule has 0 atom stereocenters. The van der Waals surface area contributed by atoms with Crippen LogP contribution in [0.3, 0.4) is 0 Å². The molecule has 6 heteroatoms. The Kier molecular flexibility index (Phi) is 3.38. The molecule has 0 saturated heterocycles. The van der Waals surface area contributed by atoms with Gasteiger partial charge >= 0.3 is 6.36 Å². The predicted octanol–water partition coefficient (Wildman–Crippen LogP) is 3.52. The molecule has 0 aliphatic carbocycles. The first-order valence-corrected chi connectivity index (χ1v) is 5.20. The van der Waals surface area contributed by atoms with Crippen LogP contribution in [0.25, 0.3) is 11.1 Å². The maximum Gasteiger partial charge on any atom is 0.573 e. The van der Waals surface area contributed by atoms with Crippen molar-refractivity contribution in [1.29, 1.82) is 5.26 Å². The summed E-state index contributed by atoms with van der Waals surface area (Å²) >= 11 is 0. The first kappa shape index (κ1) is 12.9. The molecule has 19 heavy (non-hydrogen) atoms. The zero-order valence-corrected chi connectivity index (χ0v) is 9.48. The van der Waals surface area contributed by atoms with Gasteiger partial charge in [0, 0.05) is 12.4 Å². The van der Waals surface area contributed by atoms with Gasteiger partial charge in [-0.1, -0.05) is 6.07 Å². The van der Waals surface area contributed by atoms with Gasteiger partial charge in [-0.3, -0.25) is 4.98 Å². The molecule has 2 aromatic rings. The third-order valence-corrected chi connectivity index (χ3v) is 2.34. The molecule has 0 spiro atoms. The second kappa shape index (κ2) is 4.98. The minimum Gasteiger partial charge on any atom is -0.404 e. The molecular formula is C13H7F3N2O. The maximum atomic E-state index is 12.1. The fourth-order valence-corrected chi connectivity index (χ4v) is 1.55. The number of hydrogen-bond donors (Lipinski definition) is 0. The van der Waals surface area contributed by atoms with Crippen molar-refractivity contribution in [3.8, 4) is 22.9 Å². The van der Waals surface area contributed by atoms with Gasteiger partial charge in [-0.05, 0) is 35.4 Å². The van der Waals surface area contributed by atoms with Crippen molar-refractivity contribution in [2.45, 2.75) is 6.36 Å². The largest absolute Gasteiger partial charge is 0.573 e. The minimum atomic E-state index is -4.82.